The van der Waals surface area contributed by atoms with Crippen LogP contribution in [0.15, 0.2) is 24.3 Å². The number of rotatable bonds is 8. The zero-order chi connectivity index (χ0) is 14.9. The molecule has 0 radical (unpaired) electrons. The van der Waals surface area contributed by atoms with Crippen LogP contribution < -0.4 is 10.1 Å². The van der Waals surface area contributed by atoms with E-state index in [1.807, 2.05) is 0 Å². The van der Waals surface area contributed by atoms with E-state index in [1.165, 1.54) is 30.8 Å². The predicted molar refractivity (Wildman–Crippen MR) is 92.3 cm³/mol. The molecule has 0 amide bonds. The molecule has 3 nitrogen and oxygen atoms in total. The van der Waals surface area contributed by atoms with Gasteiger partial charge in [0.1, 0.15) is 12.4 Å². The minimum absolute atomic E-state index is 0.758. The van der Waals surface area contributed by atoms with Crippen LogP contribution in [-0.4, -0.2) is 48.7 Å². The van der Waals surface area contributed by atoms with Gasteiger partial charge in [-0.15, -0.1) is 0 Å². The highest BCUT2D eigenvalue weighted by atomic mass is 32.2. The van der Waals surface area contributed by atoms with Crippen LogP contribution in [-0.2, 0) is 6.54 Å². The number of ether oxygens (including phenoxy) is 1. The van der Waals surface area contributed by atoms with Gasteiger partial charge < -0.3 is 10.1 Å². The van der Waals surface area contributed by atoms with E-state index in [4.69, 9.17) is 4.74 Å². The number of hydrogen-bond donors (Lipinski definition) is 1. The second-order valence-electron chi connectivity index (χ2n) is 5.65. The highest BCUT2D eigenvalue weighted by Gasteiger charge is 2.15. The lowest BCUT2D eigenvalue weighted by atomic mass is 10.2. The normalized spacial score (nSPS) is 19.6. The summed E-state index contributed by atoms with van der Waals surface area (Å²) in [6, 6.07) is 8.46. The molecular weight excluding hydrogens is 280 g/mol. The van der Waals surface area contributed by atoms with Crippen molar-refractivity contribution >= 4 is 11.8 Å². The van der Waals surface area contributed by atoms with Crippen LogP contribution in [0.5, 0.6) is 5.75 Å². The van der Waals surface area contributed by atoms with Gasteiger partial charge in [0, 0.05) is 37.2 Å². The van der Waals surface area contributed by atoms with Crippen molar-refractivity contribution in [2.45, 2.75) is 32.1 Å². The van der Waals surface area contributed by atoms with Gasteiger partial charge in [-0.3, -0.25) is 4.90 Å². The molecule has 1 heterocycles. The van der Waals surface area contributed by atoms with Crippen LogP contribution in [0.2, 0.25) is 0 Å². The second-order valence-corrected chi connectivity index (χ2v) is 7.20. The van der Waals surface area contributed by atoms with Gasteiger partial charge in [-0.05, 0) is 30.7 Å². The minimum Gasteiger partial charge on any atom is -0.492 e. The molecule has 1 N–H and O–H groups in total. The zero-order valence-corrected chi connectivity index (χ0v) is 14.1. The number of nitrogens with one attached hydrogen (secondary N) is 1. The Morgan fingerprint density at radius 2 is 2.14 bits per heavy atom. The summed E-state index contributed by atoms with van der Waals surface area (Å²) in [7, 11) is 0. The van der Waals surface area contributed by atoms with E-state index in [0.717, 1.165) is 37.2 Å². The zero-order valence-electron chi connectivity index (χ0n) is 13.3. The third kappa shape index (κ3) is 6.29. The van der Waals surface area contributed by atoms with Crippen LogP contribution in [0.4, 0.5) is 0 Å². The first-order valence-corrected chi connectivity index (χ1v) is 9.09. The van der Waals surface area contributed by atoms with Crippen molar-refractivity contribution in [1.29, 1.82) is 0 Å². The van der Waals surface area contributed by atoms with Gasteiger partial charge in [-0.1, -0.05) is 26.0 Å². The average molecular weight is 308 g/mol. The van der Waals surface area contributed by atoms with Crippen molar-refractivity contribution in [3.63, 3.8) is 0 Å². The number of thioether (sulfide) groups is 1. The molecule has 1 saturated heterocycles. The van der Waals surface area contributed by atoms with Gasteiger partial charge in [-0.2, -0.15) is 11.8 Å². The lowest BCUT2D eigenvalue weighted by molar-refractivity contribution is 0.215. The van der Waals surface area contributed by atoms with Crippen LogP contribution in [0.3, 0.4) is 0 Å². The molecule has 2 rings (SSSR count). The van der Waals surface area contributed by atoms with Crippen molar-refractivity contribution in [1.82, 2.24) is 10.2 Å². The molecule has 118 valence electrons. The topological polar surface area (TPSA) is 24.5 Å². The second kappa shape index (κ2) is 9.34. The monoisotopic (exact) mass is 308 g/mol. The first-order valence-electron chi connectivity index (χ1n) is 8.04. The van der Waals surface area contributed by atoms with E-state index >= 15 is 0 Å². The SMILES string of the molecule is CCCNCc1ccc(OCCN2CCSC(C)C2)cc1. The standard InChI is InChI=1S/C17H28N2OS/c1-3-8-18-13-16-4-6-17(7-5-16)20-11-9-19-10-12-21-15(2)14-19/h4-7,15,18H,3,8-14H2,1-2H3. The molecule has 4 heteroatoms. The van der Waals surface area contributed by atoms with Crippen molar-refractivity contribution in [2.24, 2.45) is 0 Å². The highest BCUT2D eigenvalue weighted by Crippen LogP contribution is 2.17. The molecule has 0 aromatic heterocycles. The largest absolute Gasteiger partial charge is 0.492 e. The minimum atomic E-state index is 0.758. The summed E-state index contributed by atoms with van der Waals surface area (Å²) in [5.74, 6) is 2.23. The van der Waals surface area contributed by atoms with E-state index in [0.29, 0.717) is 0 Å². The van der Waals surface area contributed by atoms with Crippen LogP contribution in [0.1, 0.15) is 25.8 Å². The maximum atomic E-state index is 5.86. The third-order valence-electron chi connectivity index (χ3n) is 3.68. The average Bonchev–Trinajstić information content (AvgIpc) is 2.49. The number of nitrogens with zero attached hydrogens (tertiary/aromatic N) is 1. The van der Waals surface area contributed by atoms with E-state index in [-0.39, 0.29) is 0 Å². The van der Waals surface area contributed by atoms with Crippen molar-refractivity contribution in [3.05, 3.63) is 29.8 Å². The van der Waals surface area contributed by atoms with E-state index in [1.54, 1.807) is 0 Å². The van der Waals surface area contributed by atoms with Crippen molar-refractivity contribution in [2.75, 3.05) is 38.5 Å². The number of benzene rings is 1. The summed E-state index contributed by atoms with van der Waals surface area (Å²) in [5.41, 5.74) is 1.32. The Morgan fingerprint density at radius 3 is 2.86 bits per heavy atom. The summed E-state index contributed by atoms with van der Waals surface area (Å²) < 4.78 is 5.86. The fourth-order valence-electron chi connectivity index (χ4n) is 2.50. The molecule has 1 fully saturated rings. The Morgan fingerprint density at radius 1 is 1.33 bits per heavy atom. The number of hydrogen-bond acceptors (Lipinski definition) is 4. The highest BCUT2D eigenvalue weighted by molar-refractivity contribution is 7.99. The Balaban J connectivity index is 1.66. The fraction of sp³-hybridized carbons (Fsp3) is 0.647. The molecule has 0 aliphatic carbocycles. The Bertz CT molecular complexity index is 396. The Hall–Kier alpha value is -0.710. The lowest BCUT2D eigenvalue weighted by Crippen LogP contribution is -2.39. The van der Waals surface area contributed by atoms with Crippen LogP contribution in [0.25, 0.3) is 0 Å². The quantitative estimate of drug-likeness (QED) is 0.746. The van der Waals surface area contributed by atoms with Gasteiger partial charge in [0.05, 0.1) is 0 Å². The molecule has 1 aliphatic rings. The first kappa shape index (κ1) is 16.7. The van der Waals surface area contributed by atoms with E-state index in [9.17, 15) is 0 Å². The van der Waals surface area contributed by atoms with Gasteiger partial charge in [0.2, 0.25) is 0 Å². The summed E-state index contributed by atoms with van der Waals surface area (Å²) in [6.45, 7) is 10.7. The first-order chi connectivity index (χ1) is 10.3. The predicted octanol–water partition coefficient (Wildman–Crippen LogP) is 3.00. The maximum Gasteiger partial charge on any atom is 0.119 e. The fourth-order valence-corrected chi connectivity index (χ4v) is 3.58. The maximum absolute atomic E-state index is 5.86. The molecule has 1 atom stereocenters. The molecular formula is C17H28N2OS. The molecule has 1 unspecified atom stereocenters. The van der Waals surface area contributed by atoms with Crippen LogP contribution in [0, 0.1) is 0 Å². The van der Waals surface area contributed by atoms with Gasteiger partial charge in [0.25, 0.3) is 0 Å². The molecule has 0 bridgehead atoms. The molecule has 1 aromatic rings. The molecule has 0 saturated carbocycles. The molecule has 1 aromatic carbocycles. The smallest absolute Gasteiger partial charge is 0.119 e. The van der Waals surface area contributed by atoms with Crippen molar-refractivity contribution in [3.8, 4) is 5.75 Å². The molecule has 1 aliphatic heterocycles. The molecule has 0 spiro atoms. The Kier molecular flexibility index (Phi) is 7.41. The van der Waals surface area contributed by atoms with Gasteiger partial charge in [0.15, 0.2) is 0 Å². The van der Waals surface area contributed by atoms with Gasteiger partial charge >= 0.3 is 0 Å². The summed E-state index contributed by atoms with van der Waals surface area (Å²) >= 11 is 2.07. The van der Waals surface area contributed by atoms with Crippen LogP contribution >= 0.6 is 11.8 Å². The third-order valence-corrected chi connectivity index (χ3v) is 4.82. The van der Waals surface area contributed by atoms with Gasteiger partial charge in [-0.25, -0.2) is 0 Å². The summed E-state index contributed by atoms with van der Waals surface area (Å²) in [5, 5.41) is 4.17. The summed E-state index contributed by atoms with van der Waals surface area (Å²) in [6.07, 6.45) is 1.18. The molecule has 21 heavy (non-hydrogen) atoms. The summed E-state index contributed by atoms with van der Waals surface area (Å²) in [4.78, 5) is 2.50. The van der Waals surface area contributed by atoms with Crippen molar-refractivity contribution < 1.29 is 4.74 Å². The van der Waals surface area contributed by atoms with E-state index < -0.39 is 0 Å². The Labute approximate surface area is 133 Å². The van der Waals surface area contributed by atoms with E-state index in [2.05, 4.69) is 60.1 Å². The lowest BCUT2D eigenvalue weighted by Gasteiger charge is -2.30.